The minimum absolute atomic E-state index is 0.208. The van der Waals surface area contributed by atoms with Crippen LogP contribution in [0.2, 0.25) is 0 Å². The molecule has 3 rings (SSSR count). The van der Waals surface area contributed by atoms with Gasteiger partial charge in [0.25, 0.3) is 0 Å². The maximum atomic E-state index is 11.1. The number of imidazole rings is 1. The molecule has 1 fully saturated rings. The van der Waals surface area contributed by atoms with E-state index in [1.807, 2.05) is 19.0 Å². The minimum atomic E-state index is -1.21. The van der Waals surface area contributed by atoms with Gasteiger partial charge in [-0.1, -0.05) is 0 Å². The first kappa shape index (κ1) is 24.2. The molecule has 0 amide bonds. The number of nitrogen functional groups attached to an aromatic ring is 1. The van der Waals surface area contributed by atoms with E-state index in [1.54, 1.807) is 0 Å². The zero-order valence-electron chi connectivity index (χ0n) is 18.3. The quantitative estimate of drug-likeness (QED) is 0.254. The van der Waals surface area contributed by atoms with Crippen LogP contribution in [0.4, 0.5) is 5.82 Å². The van der Waals surface area contributed by atoms with Crippen LogP contribution in [0.5, 0.6) is 0 Å². The molecule has 0 aliphatic carbocycles. The summed E-state index contributed by atoms with van der Waals surface area (Å²) in [5.74, 6) is -0.848. The van der Waals surface area contributed by atoms with Gasteiger partial charge in [0.05, 0.1) is 6.33 Å². The van der Waals surface area contributed by atoms with Crippen LogP contribution in [-0.2, 0) is 9.53 Å². The fourth-order valence-electron chi connectivity index (χ4n) is 3.77. The van der Waals surface area contributed by atoms with E-state index in [0.717, 1.165) is 13.0 Å². The third kappa shape index (κ3) is 5.49. The lowest BCUT2D eigenvalue weighted by molar-refractivity contribution is -0.138. The molecule has 7 N–H and O–H groups in total. The van der Waals surface area contributed by atoms with Crippen molar-refractivity contribution in [1.29, 1.82) is 0 Å². The molecule has 2 aromatic heterocycles. The highest BCUT2D eigenvalue weighted by Crippen LogP contribution is 2.32. The van der Waals surface area contributed by atoms with Crippen LogP contribution in [-0.4, -0.2) is 115 Å². The number of aromatic nitrogens is 4. The molecule has 5 atom stereocenters. The fraction of sp³-hybridized carbons (Fsp3) is 0.684. The summed E-state index contributed by atoms with van der Waals surface area (Å²) in [4.78, 5) is 27.4. The Morgan fingerprint density at radius 3 is 2.66 bits per heavy atom. The number of ether oxygens (including phenoxy) is 1. The summed E-state index contributed by atoms with van der Waals surface area (Å²) in [6.07, 6.45) is -0.130. The molecule has 1 aliphatic heterocycles. The van der Waals surface area contributed by atoms with Crippen molar-refractivity contribution in [1.82, 2.24) is 29.3 Å². The second kappa shape index (κ2) is 10.5. The van der Waals surface area contributed by atoms with Crippen molar-refractivity contribution in [3.05, 3.63) is 12.7 Å². The van der Waals surface area contributed by atoms with Gasteiger partial charge in [0, 0.05) is 13.1 Å². The number of nitrogens with zero attached hydrogens (tertiary/aromatic N) is 6. The van der Waals surface area contributed by atoms with E-state index < -0.39 is 36.6 Å². The zero-order chi connectivity index (χ0) is 23.4. The topological polar surface area (TPSA) is 189 Å². The van der Waals surface area contributed by atoms with Crippen molar-refractivity contribution >= 4 is 23.0 Å². The van der Waals surface area contributed by atoms with Gasteiger partial charge in [-0.3, -0.25) is 9.36 Å². The molecule has 13 heteroatoms. The van der Waals surface area contributed by atoms with Crippen LogP contribution in [0.15, 0.2) is 12.7 Å². The Labute approximate surface area is 185 Å². The Morgan fingerprint density at radius 1 is 1.22 bits per heavy atom. The summed E-state index contributed by atoms with van der Waals surface area (Å²) in [6, 6.07) is -0.971. The summed E-state index contributed by atoms with van der Waals surface area (Å²) in [5, 5.41) is 30.4. The molecule has 32 heavy (non-hydrogen) atoms. The molecule has 0 saturated carbocycles. The van der Waals surface area contributed by atoms with Gasteiger partial charge in [-0.15, -0.1) is 0 Å². The van der Waals surface area contributed by atoms with Crippen molar-refractivity contribution in [2.75, 3.05) is 46.0 Å². The Kier molecular flexibility index (Phi) is 7.92. The van der Waals surface area contributed by atoms with E-state index in [4.69, 9.17) is 21.3 Å². The summed E-state index contributed by atoms with van der Waals surface area (Å²) in [6.45, 7) is 2.24. The van der Waals surface area contributed by atoms with Crippen LogP contribution in [0.3, 0.4) is 0 Å². The average Bonchev–Trinajstić information content (AvgIpc) is 3.28. The molecule has 13 nitrogen and oxygen atoms in total. The van der Waals surface area contributed by atoms with Gasteiger partial charge in [0.15, 0.2) is 17.7 Å². The summed E-state index contributed by atoms with van der Waals surface area (Å²) in [5.41, 5.74) is 12.3. The Balaban J connectivity index is 1.71. The Hall–Kier alpha value is -2.42. The zero-order valence-corrected chi connectivity index (χ0v) is 18.3. The molecule has 0 spiro atoms. The van der Waals surface area contributed by atoms with E-state index in [-0.39, 0.29) is 12.2 Å². The molecule has 1 saturated heterocycles. The number of carboxylic acid groups (broad SMARTS) is 1. The number of aliphatic hydroxyl groups is 2. The highest BCUT2D eigenvalue weighted by molar-refractivity contribution is 5.81. The predicted octanol–water partition coefficient (Wildman–Crippen LogP) is -1.92. The number of aliphatic hydroxyl groups excluding tert-OH is 2. The van der Waals surface area contributed by atoms with E-state index in [1.165, 1.54) is 17.2 Å². The number of hydrogen-bond acceptors (Lipinski definition) is 11. The molecule has 0 radical (unpaired) electrons. The number of carbonyl (C=O) groups is 1. The SMILES string of the molecule is CN(C)CCCN(CC[C@@H](N)C(=O)O)C[C@@H]1O[C@H](n2cnc3c(N)ncnc32)[C@@H](O)[C@H]1O. The van der Waals surface area contributed by atoms with Crippen molar-refractivity contribution in [3.8, 4) is 0 Å². The maximum Gasteiger partial charge on any atom is 0.320 e. The molecule has 0 bridgehead atoms. The van der Waals surface area contributed by atoms with E-state index in [2.05, 4.69) is 19.9 Å². The number of hydrogen-bond donors (Lipinski definition) is 5. The highest BCUT2D eigenvalue weighted by atomic mass is 16.6. The standard InChI is InChI=1S/C19H32N8O5/c1-25(2)5-3-6-26(7-4-11(20)19(30)31)8-12-14(28)15(29)18(32-12)27-10-24-13-16(21)22-9-23-17(13)27/h9-12,14-15,18,28-29H,3-8,20H2,1-2H3,(H,30,31)(H2,21,22,23)/t11-,12+,14+,15+,18+/m1/s1. The normalized spacial score (nSPS) is 24.6. The monoisotopic (exact) mass is 452 g/mol. The number of rotatable bonds is 11. The van der Waals surface area contributed by atoms with Gasteiger partial charge >= 0.3 is 5.97 Å². The number of carboxylic acids is 1. The summed E-state index contributed by atoms with van der Waals surface area (Å²) < 4.78 is 7.54. The first-order chi connectivity index (χ1) is 15.2. The van der Waals surface area contributed by atoms with Crippen molar-refractivity contribution in [2.24, 2.45) is 5.73 Å². The van der Waals surface area contributed by atoms with E-state index >= 15 is 0 Å². The van der Waals surface area contributed by atoms with Crippen LogP contribution in [0.1, 0.15) is 19.1 Å². The van der Waals surface area contributed by atoms with Gasteiger partial charge in [0.2, 0.25) is 0 Å². The van der Waals surface area contributed by atoms with E-state index in [9.17, 15) is 15.0 Å². The largest absolute Gasteiger partial charge is 0.480 e. The summed E-state index contributed by atoms with van der Waals surface area (Å²) >= 11 is 0. The van der Waals surface area contributed by atoms with Crippen molar-refractivity contribution < 1.29 is 24.9 Å². The predicted molar refractivity (Wildman–Crippen MR) is 115 cm³/mol. The maximum absolute atomic E-state index is 11.1. The van der Waals surface area contributed by atoms with E-state index in [0.29, 0.717) is 30.8 Å². The van der Waals surface area contributed by atoms with Gasteiger partial charge in [-0.25, -0.2) is 15.0 Å². The fourth-order valence-corrected chi connectivity index (χ4v) is 3.77. The first-order valence-electron chi connectivity index (χ1n) is 10.5. The van der Waals surface area contributed by atoms with Gasteiger partial charge < -0.3 is 41.3 Å². The lowest BCUT2D eigenvalue weighted by Gasteiger charge is -2.27. The number of aliphatic carboxylic acids is 1. The first-order valence-corrected chi connectivity index (χ1v) is 10.5. The number of fused-ring (bicyclic) bond motifs is 1. The molecule has 1 aliphatic rings. The number of anilines is 1. The molecule has 178 valence electrons. The Bertz CT molecular complexity index is 909. The van der Waals surface area contributed by atoms with Gasteiger partial charge in [0.1, 0.15) is 36.2 Å². The minimum Gasteiger partial charge on any atom is -0.480 e. The smallest absolute Gasteiger partial charge is 0.320 e. The van der Waals surface area contributed by atoms with Gasteiger partial charge in [-0.2, -0.15) is 0 Å². The third-order valence-corrected chi connectivity index (χ3v) is 5.59. The second-order valence-electron chi connectivity index (χ2n) is 8.32. The highest BCUT2D eigenvalue weighted by Gasteiger charge is 2.44. The molecule has 0 aromatic carbocycles. The molecule has 0 unspecified atom stereocenters. The Morgan fingerprint density at radius 2 is 1.97 bits per heavy atom. The summed E-state index contributed by atoms with van der Waals surface area (Å²) in [7, 11) is 3.95. The third-order valence-electron chi connectivity index (χ3n) is 5.59. The number of nitrogens with two attached hydrogens (primary N) is 2. The second-order valence-corrected chi connectivity index (χ2v) is 8.32. The van der Waals surface area contributed by atoms with Crippen molar-refractivity contribution in [2.45, 2.75) is 43.4 Å². The van der Waals surface area contributed by atoms with Crippen LogP contribution >= 0.6 is 0 Å². The van der Waals surface area contributed by atoms with Gasteiger partial charge in [-0.05, 0) is 40.0 Å². The molecule has 2 aromatic rings. The average molecular weight is 453 g/mol. The van der Waals surface area contributed by atoms with Crippen LogP contribution in [0.25, 0.3) is 11.2 Å². The molecule has 3 heterocycles. The van der Waals surface area contributed by atoms with Crippen LogP contribution in [0, 0.1) is 0 Å². The molecular weight excluding hydrogens is 420 g/mol. The van der Waals surface area contributed by atoms with Crippen LogP contribution < -0.4 is 11.5 Å². The van der Waals surface area contributed by atoms with Crippen molar-refractivity contribution in [3.63, 3.8) is 0 Å². The molecular formula is C19H32N8O5. The lowest BCUT2D eigenvalue weighted by Crippen LogP contribution is -2.43. The lowest BCUT2D eigenvalue weighted by atomic mass is 10.1.